The van der Waals surface area contributed by atoms with Crippen LogP contribution in [0.1, 0.15) is 62.3 Å². The van der Waals surface area contributed by atoms with Crippen LogP contribution in [0.2, 0.25) is 0 Å². The third kappa shape index (κ3) is 3.00. The van der Waals surface area contributed by atoms with E-state index >= 15 is 0 Å². The van der Waals surface area contributed by atoms with Gasteiger partial charge in [-0.15, -0.1) is 0 Å². The second kappa shape index (κ2) is 6.22. The van der Waals surface area contributed by atoms with E-state index in [-0.39, 0.29) is 5.91 Å². The summed E-state index contributed by atoms with van der Waals surface area (Å²) in [6.07, 6.45) is 6.52. The van der Waals surface area contributed by atoms with E-state index in [1.165, 1.54) is 12.8 Å². The number of nitrogens with one attached hydrogen (secondary N) is 1. The lowest BCUT2D eigenvalue weighted by molar-refractivity contribution is 0.0583. The molecule has 2 unspecified atom stereocenters. The van der Waals surface area contributed by atoms with Crippen LogP contribution < -0.4 is 5.32 Å². The van der Waals surface area contributed by atoms with E-state index in [2.05, 4.69) is 17.1 Å². The van der Waals surface area contributed by atoms with Crippen molar-refractivity contribution in [3.63, 3.8) is 0 Å². The van der Waals surface area contributed by atoms with Crippen molar-refractivity contribution in [3.8, 4) is 0 Å². The van der Waals surface area contributed by atoms with Gasteiger partial charge in [0.1, 0.15) is 5.76 Å². The first-order chi connectivity index (χ1) is 10.2. The highest BCUT2D eigenvalue weighted by Crippen LogP contribution is 2.30. The Balaban J connectivity index is 1.75. The Hall–Kier alpha value is -1.29. The van der Waals surface area contributed by atoms with E-state index in [1.54, 1.807) is 0 Å². The SMILES string of the molecule is CCCN(C(=O)c1ccc(CC)o1)C1CC2CCC(C1)N2. The first kappa shape index (κ1) is 14.6. The van der Waals surface area contributed by atoms with Gasteiger partial charge in [0.2, 0.25) is 0 Å². The van der Waals surface area contributed by atoms with Crippen molar-refractivity contribution in [2.24, 2.45) is 0 Å². The molecule has 0 aliphatic carbocycles. The van der Waals surface area contributed by atoms with Gasteiger partial charge in [0.05, 0.1) is 0 Å². The minimum Gasteiger partial charge on any atom is -0.456 e. The van der Waals surface area contributed by atoms with Crippen LogP contribution in [0.25, 0.3) is 0 Å². The van der Waals surface area contributed by atoms with Crippen molar-refractivity contribution >= 4 is 5.91 Å². The Bertz CT molecular complexity index is 485. The van der Waals surface area contributed by atoms with Crippen molar-refractivity contribution < 1.29 is 9.21 Å². The molecule has 3 heterocycles. The summed E-state index contributed by atoms with van der Waals surface area (Å²) in [4.78, 5) is 14.9. The Morgan fingerprint density at radius 3 is 2.57 bits per heavy atom. The molecule has 2 aliphatic heterocycles. The van der Waals surface area contributed by atoms with Crippen LogP contribution in [0.3, 0.4) is 0 Å². The van der Waals surface area contributed by atoms with Gasteiger partial charge in [0.15, 0.2) is 5.76 Å². The van der Waals surface area contributed by atoms with Crippen LogP contribution >= 0.6 is 0 Å². The molecule has 3 rings (SSSR count). The summed E-state index contributed by atoms with van der Waals surface area (Å²) in [5.74, 6) is 1.47. The molecule has 21 heavy (non-hydrogen) atoms. The Morgan fingerprint density at radius 1 is 1.29 bits per heavy atom. The highest BCUT2D eigenvalue weighted by atomic mass is 16.4. The smallest absolute Gasteiger partial charge is 0.289 e. The highest BCUT2D eigenvalue weighted by Gasteiger charge is 2.38. The molecule has 1 N–H and O–H groups in total. The molecular formula is C17H26N2O2. The maximum atomic E-state index is 12.8. The summed E-state index contributed by atoms with van der Waals surface area (Å²) in [5, 5.41) is 3.65. The standard InChI is InChI=1S/C17H26N2O2/c1-3-9-19(14-10-12-5-6-13(11-14)18-12)17(20)16-8-7-15(4-2)21-16/h7-8,12-14,18H,3-6,9-11H2,1-2H3. The van der Waals surface area contributed by atoms with Crippen molar-refractivity contribution in [1.29, 1.82) is 0 Å². The number of carbonyl (C=O) groups excluding carboxylic acids is 1. The number of hydrogen-bond donors (Lipinski definition) is 1. The summed E-state index contributed by atoms with van der Waals surface area (Å²) < 4.78 is 5.68. The van der Waals surface area contributed by atoms with Crippen LogP contribution in [0.4, 0.5) is 0 Å². The third-order valence-corrected chi connectivity index (χ3v) is 4.84. The van der Waals surface area contributed by atoms with Gasteiger partial charge in [-0.25, -0.2) is 0 Å². The minimum absolute atomic E-state index is 0.0721. The predicted molar refractivity (Wildman–Crippen MR) is 82.4 cm³/mol. The van der Waals surface area contributed by atoms with Crippen molar-refractivity contribution in [1.82, 2.24) is 10.2 Å². The molecule has 2 saturated heterocycles. The van der Waals surface area contributed by atoms with Crippen molar-refractivity contribution in [3.05, 3.63) is 23.7 Å². The lowest BCUT2D eigenvalue weighted by Crippen LogP contribution is -2.50. The van der Waals surface area contributed by atoms with Crippen LogP contribution in [0, 0.1) is 0 Å². The van der Waals surface area contributed by atoms with Gasteiger partial charge in [-0.3, -0.25) is 4.79 Å². The van der Waals surface area contributed by atoms with Gasteiger partial charge in [0.25, 0.3) is 5.91 Å². The predicted octanol–water partition coefficient (Wildman–Crippen LogP) is 2.98. The normalized spacial score (nSPS) is 27.8. The molecular weight excluding hydrogens is 264 g/mol. The fourth-order valence-electron chi connectivity index (χ4n) is 3.80. The molecule has 0 spiro atoms. The van der Waals surface area contributed by atoms with Gasteiger partial charge in [-0.1, -0.05) is 13.8 Å². The zero-order chi connectivity index (χ0) is 14.8. The molecule has 1 aromatic rings. The van der Waals surface area contributed by atoms with Gasteiger partial charge in [-0.05, 0) is 44.2 Å². The van der Waals surface area contributed by atoms with Gasteiger partial charge >= 0.3 is 0 Å². The van der Waals surface area contributed by atoms with Crippen LogP contribution in [-0.4, -0.2) is 35.5 Å². The molecule has 4 heteroatoms. The number of rotatable bonds is 5. The first-order valence-electron chi connectivity index (χ1n) is 8.37. The maximum absolute atomic E-state index is 12.8. The van der Waals surface area contributed by atoms with E-state index in [0.717, 1.165) is 38.0 Å². The number of fused-ring (bicyclic) bond motifs is 2. The number of carbonyl (C=O) groups is 1. The summed E-state index contributed by atoms with van der Waals surface area (Å²) in [6, 6.07) is 5.32. The third-order valence-electron chi connectivity index (χ3n) is 4.84. The van der Waals surface area contributed by atoms with Crippen LogP contribution in [0.15, 0.2) is 16.5 Å². The number of hydrogen-bond acceptors (Lipinski definition) is 3. The van der Waals surface area contributed by atoms with E-state index in [0.29, 0.717) is 23.9 Å². The lowest BCUT2D eigenvalue weighted by atomic mass is 9.97. The summed E-state index contributed by atoms with van der Waals surface area (Å²) >= 11 is 0. The van der Waals surface area contributed by atoms with Gasteiger partial charge in [-0.2, -0.15) is 0 Å². The van der Waals surface area contributed by atoms with Gasteiger partial charge < -0.3 is 14.6 Å². The number of aryl methyl sites for hydroxylation is 1. The number of amides is 1. The molecule has 2 atom stereocenters. The zero-order valence-electron chi connectivity index (χ0n) is 13.1. The second-order valence-corrected chi connectivity index (χ2v) is 6.38. The molecule has 1 amide bonds. The average molecular weight is 290 g/mol. The fraction of sp³-hybridized carbons (Fsp3) is 0.706. The maximum Gasteiger partial charge on any atom is 0.289 e. The van der Waals surface area contributed by atoms with Crippen LogP contribution in [-0.2, 0) is 6.42 Å². The summed E-state index contributed by atoms with van der Waals surface area (Å²) in [6.45, 7) is 5.00. The first-order valence-corrected chi connectivity index (χ1v) is 8.37. The number of furan rings is 1. The molecule has 116 valence electrons. The topological polar surface area (TPSA) is 45.5 Å². The molecule has 1 aromatic heterocycles. The Labute approximate surface area is 126 Å². The molecule has 0 radical (unpaired) electrons. The lowest BCUT2D eigenvalue weighted by Gasteiger charge is -2.37. The highest BCUT2D eigenvalue weighted by molar-refractivity contribution is 5.91. The second-order valence-electron chi connectivity index (χ2n) is 6.38. The number of nitrogens with zero attached hydrogens (tertiary/aromatic N) is 1. The largest absolute Gasteiger partial charge is 0.456 e. The van der Waals surface area contributed by atoms with Gasteiger partial charge in [0, 0.05) is 31.1 Å². The van der Waals surface area contributed by atoms with Crippen molar-refractivity contribution in [2.75, 3.05) is 6.54 Å². The molecule has 0 aromatic carbocycles. The molecule has 4 nitrogen and oxygen atoms in total. The summed E-state index contributed by atoms with van der Waals surface area (Å²) in [5.41, 5.74) is 0. The monoisotopic (exact) mass is 290 g/mol. The number of piperidine rings is 1. The van der Waals surface area contributed by atoms with E-state index < -0.39 is 0 Å². The quantitative estimate of drug-likeness (QED) is 0.907. The molecule has 2 aliphatic rings. The van der Waals surface area contributed by atoms with E-state index in [4.69, 9.17) is 4.42 Å². The van der Waals surface area contributed by atoms with E-state index in [9.17, 15) is 4.79 Å². The van der Waals surface area contributed by atoms with Crippen molar-refractivity contribution in [2.45, 2.75) is 70.5 Å². The molecule has 2 fully saturated rings. The van der Waals surface area contributed by atoms with E-state index in [1.807, 2.05) is 19.1 Å². The molecule has 0 saturated carbocycles. The fourth-order valence-corrected chi connectivity index (χ4v) is 3.80. The Morgan fingerprint density at radius 2 is 2.00 bits per heavy atom. The Kier molecular flexibility index (Phi) is 4.34. The minimum atomic E-state index is 0.0721. The molecule has 2 bridgehead atoms. The summed E-state index contributed by atoms with van der Waals surface area (Å²) in [7, 11) is 0. The van der Waals surface area contributed by atoms with Crippen LogP contribution in [0.5, 0.6) is 0 Å². The average Bonchev–Trinajstić information content (AvgIpc) is 3.10. The zero-order valence-corrected chi connectivity index (χ0v) is 13.1.